The van der Waals surface area contributed by atoms with E-state index >= 15 is 13.2 Å². The Morgan fingerprint density at radius 1 is 0.722 bits per heavy atom. The molecule has 1 aliphatic carbocycles. The Balaban J connectivity index is 1.33. The van der Waals surface area contributed by atoms with Crippen LogP contribution >= 0.6 is 0 Å². The van der Waals surface area contributed by atoms with Gasteiger partial charge < -0.3 is 24.8 Å². The van der Waals surface area contributed by atoms with Crippen LogP contribution in [0.25, 0.3) is 0 Å². The SMILES string of the molecule is COc1ccc(C(NC2=N[C@](C)(c3cc(N[C@H]4CC[C@H](c5ccccc5)C4)ccc3F)C(F)(F)C(C)(C)O2)(c2ccccc2)c2ccc(OC)cc2)cc1. The highest BCUT2D eigenvalue weighted by Crippen LogP contribution is 2.53. The molecule has 0 amide bonds. The molecule has 1 aliphatic heterocycles. The van der Waals surface area contributed by atoms with Crippen molar-refractivity contribution < 1.29 is 27.4 Å². The average Bonchev–Trinajstić information content (AvgIpc) is 3.66. The van der Waals surface area contributed by atoms with E-state index in [2.05, 4.69) is 27.8 Å². The second-order valence-corrected chi connectivity index (χ2v) is 14.8. The van der Waals surface area contributed by atoms with Crippen LogP contribution in [0, 0.1) is 5.82 Å². The highest BCUT2D eigenvalue weighted by molar-refractivity contribution is 5.79. The quantitative estimate of drug-likeness (QED) is 0.140. The summed E-state index contributed by atoms with van der Waals surface area (Å²) in [5, 5.41) is 7.02. The van der Waals surface area contributed by atoms with Gasteiger partial charge in [0.25, 0.3) is 6.02 Å². The third-order valence-electron chi connectivity index (χ3n) is 11.2. The fraction of sp³-hybridized carbons (Fsp3) is 0.311. The van der Waals surface area contributed by atoms with Gasteiger partial charge in [-0.25, -0.2) is 9.38 Å². The molecule has 3 atom stereocenters. The molecule has 6 nitrogen and oxygen atoms in total. The minimum absolute atomic E-state index is 0.106. The number of methoxy groups -OCH3 is 2. The Hall–Kier alpha value is -5.44. The summed E-state index contributed by atoms with van der Waals surface area (Å²) in [6.07, 6.45) is 2.79. The lowest BCUT2D eigenvalue weighted by Gasteiger charge is -2.49. The molecular formula is C45H46F3N3O3. The van der Waals surface area contributed by atoms with E-state index in [0.29, 0.717) is 23.1 Å². The monoisotopic (exact) mass is 733 g/mol. The number of rotatable bonds is 10. The van der Waals surface area contributed by atoms with Crippen molar-refractivity contribution in [3.8, 4) is 11.5 Å². The lowest BCUT2D eigenvalue weighted by atomic mass is 9.76. The van der Waals surface area contributed by atoms with Crippen LogP contribution in [0.3, 0.4) is 0 Å². The standard InChI is InChI=1S/C45H46F3N3O3/c1-42(2)45(47,48)43(3,39-29-36(22-27-40(39)46)49-35-21-16-31(28-35)30-12-8-6-9-13-30)50-41(54-42)51-44(32-14-10-7-11-15-32,33-17-23-37(52-4)24-18-33)34-19-25-38(53-5)26-20-34/h6-15,17-20,22-27,29,31,35,49H,16,21,28H2,1-5H3,(H,50,51)/t31-,35-,43+/m0/s1. The average molecular weight is 734 g/mol. The molecule has 7 rings (SSSR count). The molecule has 9 heteroatoms. The molecule has 2 aliphatic rings. The summed E-state index contributed by atoms with van der Waals surface area (Å²) in [6, 6.07) is 39.2. The third-order valence-corrected chi connectivity index (χ3v) is 11.2. The number of ether oxygens (including phenoxy) is 3. The number of nitrogens with zero attached hydrogens (tertiary/aromatic N) is 1. The first-order chi connectivity index (χ1) is 25.9. The molecule has 0 bridgehead atoms. The summed E-state index contributed by atoms with van der Waals surface area (Å²) in [4.78, 5) is 4.66. The van der Waals surface area contributed by atoms with Crippen molar-refractivity contribution in [1.82, 2.24) is 5.32 Å². The van der Waals surface area contributed by atoms with Gasteiger partial charge >= 0.3 is 5.92 Å². The van der Waals surface area contributed by atoms with E-state index in [1.165, 1.54) is 38.5 Å². The summed E-state index contributed by atoms with van der Waals surface area (Å²) in [5.74, 6) is -2.75. The van der Waals surface area contributed by atoms with Crippen molar-refractivity contribution in [2.75, 3.05) is 19.5 Å². The molecule has 0 unspecified atom stereocenters. The van der Waals surface area contributed by atoms with E-state index in [-0.39, 0.29) is 17.6 Å². The molecule has 0 saturated heterocycles. The molecule has 0 aromatic heterocycles. The number of alkyl halides is 2. The first-order valence-electron chi connectivity index (χ1n) is 18.3. The largest absolute Gasteiger partial charge is 0.497 e. The first-order valence-corrected chi connectivity index (χ1v) is 18.3. The summed E-state index contributed by atoms with van der Waals surface area (Å²) < 4.78 is 67.1. The van der Waals surface area contributed by atoms with Crippen LogP contribution in [0.15, 0.2) is 132 Å². The maximum Gasteiger partial charge on any atom is 0.315 e. The number of amidine groups is 1. The molecule has 2 N–H and O–H groups in total. The van der Waals surface area contributed by atoms with Gasteiger partial charge in [-0.2, -0.15) is 8.78 Å². The van der Waals surface area contributed by atoms with Gasteiger partial charge in [0.05, 0.1) is 14.2 Å². The molecule has 54 heavy (non-hydrogen) atoms. The van der Waals surface area contributed by atoms with Crippen LogP contribution in [-0.4, -0.2) is 37.8 Å². The number of hydrogen-bond donors (Lipinski definition) is 2. The Morgan fingerprint density at radius 3 is 1.85 bits per heavy atom. The van der Waals surface area contributed by atoms with E-state index in [0.717, 1.165) is 36.0 Å². The molecule has 0 spiro atoms. The van der Waals surface area contributed by atoms with E-state index in [1.807, 2.05) is 97.1 Å². The predicted octanol–water partition coefficient (Wildman–Crippen LogP) is 10.2. The highest BCUT2D eigenvalue weighted by Gasteiger charge is 2.67. The highest BCUT2D eigenvalue weighted by atomic mass is 19.3. The van der Waals surface area contributed by atoms with Crippen molar-refractivity contribution in [2.24, 2.45) is 4.99 Å². The smallest absolute Gasteiger partial charge is 0.315 e. The molecule has 1 saturated carbocycles. The second-order valence-electron chi connectivity index (χ2n) is 14.8. The zero-order valence-corrected chi connectivity index (χ0v) is 31.2. The summed E-state index contributed by atoms with van der Waals surface area (Å²) in [7, 11) is 3.18. The molecule has 280 valence electrons. The van der Waals surface area contributed by atoms with Crippen LogP contribution < -0.4 is 20.1 Å². The normalized spacial score (nSPS) is 21.7. The van der Waals surface area contributed by atoms with Gasteiger partial charge in [0.1, 0.15) is 22.9 Å². The van der Waals surface area contributed by atoms with Gasteiger partial charge in [-0.05, 0) is 111 Å². The van der Waals surface area contributed by atoms with Crippen LogP contribution in [-0.2, 0) is 15.8 Å². The zero-order valence-electron chi connectivity index (χ0n) is 31.2. The van der Waals surface area contributed by atoms with Crippen LogP contribution in [0.1, 0.15) is 73.8 Å². The molecule has 5 aromatic carbocycles. The van der Waals surface area contributed by atoms with Crippen molar-refractivity contribution in [2.45, 2.75) is 74.6 Å². The number of benzene rings is 5. The van der Waals surface area contributed by atoms with Crippen molar-refractivity contribution in [1.29, 1.82) is 0 Å². The van der Waals surface area contributed by atoms with E-state index in [1.54, 1.807) is 20.3 Å². The number of nitrogens with one attached hydrogen (secondary N) is 2. The summed E-state index contributed by atoms with van der Waals surface area (Å²) in [5.41, 5.74) is -1.80. The minimum Gasteiger partial charge on any atom is -0.497 e. The van der Waals surface area contributed by atoms with Crippen LogP contribution in [0.5, 0.6) is 11.5 Å². The van der Waals surface area contributed by atoms with Crippen molar-refractivity contribution in [3.05, 3.63) is 161 Å². The summed E-state index contributed by atoms with van der Waals surface area (Å²) in [6.45, 7) is 3.91. The number of hydrogen-bond acceptors (Lipinski definition) is 6. The Morgan fingerprint density at radius 2 is 1.28 bits per heavy atom. The Bertz CT molecular complexity index is 2040. The molecule has 5 aromatic rings. The fourth-order valence-corrected chi connectivity index (χ4v) is 8.08. The Kier molecular flexibility index (Phi) is 9.85. The predicted molar refractivity (Wildman–Crippen MR) is 207 cm³/mol. The topological polar surface area (TPSA) is 64.1 Å². The van der Waals surface area contributed by atoms with Crippen LogP contribution in [0.2, 0.25) is 0 Å². The fourth-order valence-electron chi connectivity index (χ4n) is 8.08. The molecular weight excluding hydrogens is 688 g/mol. The Labute approximate surface area is 315 Å². The van der Waals surface area contributed by atoms with Crippen molar-refractivity contribution in [3.63, 3.8) is 0 Å². The summed E-state index contributed by atoms with van der Waals surface area (Å²) >= 11 is 0. The molecule has 1 fully saturated rings. The lowest BCUT2D eigenvalue weighted by molar-refractivity contribution is -0.209. The van der Waals surface area contributed by atoms with Gasteiger partial charge in [0.15, 0.2) is 11.1 Å². The van der Waals surface area contributed by atoms with Crippen molar-refractivity contribution >= 4 is 11.7 Å². The van der Waals surface area contributed by atoms with Gasteiger partial charge in [-0.3, -0.25) is 0 Å². The van der Waals surface area contributed by atoms with E-state index < -0.39 is 28.4 Å². The van der Waals surface area contributed by atoms with E-state index in [9.17, 15) is 0 Å². The maximum atomic E-state index is 16.9. The lowest BCUT2D eigenvalue weighted by Crippen LogP contribution is -2.64. The maximum absolute atomic E-state index is 16.9. The van der Waals surface area contributed by atoms with Gasteiger partial charge in [0.2, 0.25) is 0 Å². The first kappa shape index (κ1) is 36.9. The molecule has 1 heterocycles. The van der Waals surface area contributed by atoms with E-state index in [4.69, 9.17) is 14.2 Å². The second kappa shape index (κ2) is 14.4. The third kappa shape index (κ3) is 6.54. The number of anilines is 1. The van der Waals surface area contributed by atoms with Crippen LogP contribution in [0.4, 0.5) is 18.9 Å². The number of aliphatic imine (C=N–C) groups is 1. The minimum atomic E-state index is -3.65. The van der Waals surface area contributed by atoms with Gasteiger partial charge in [0, 0.05) is 17.3 Å². The number of halogens is 3. The molecule has 0 radical (unpaired) electrons. The zero-order chi connectivity index (χ0) is 38.1. The van der Waals surface area contributed by atoms with Gasteiger partial charge in [-0.15, -0.1) is 0 Å². The van der Waals surface area contributed by atoms with Gasteiger partial charge in [-0.1, -0.05) is 84.9 Å².